The lowest BCUT2D eigenvalue weighted by molar-refractivity contribution is -0.134. The third-order valence-corrected chi connectivity index (χ3v) is 3.39. The highest BCUT2D eigenvalue weighted by molar-refractivity contribution is 5.83. The van der Waals surface area contributed by atoms with Crippen molar-refractivity contribution in [2.24, 2.45) is 0 Å². The van der Waals surface area contributed by atoms with Crippen LogP contribution in [0.5, 0.6) is 0 Å². The highest BCUT2D eigenvalue weighted by Gasteiger charge is 2.13. The van der Waals surface area contributed by atoms with Crippen LogP contribution in [0.4, 0.5) is 0 Å². The number of nitrogens with zero attached hydrogens (tertiary/aromatic N) is 2. The Morgan fingerprint density at radius 1 is 1.09 bits per heavy atom. The molecule has 0 saturated heterocycles. The predicted octanol–water partition coefficient (Wildman–Crippen LogP) is 1.15. The molecule has 1 rings (SSSR count). The van der Waals surface area contributed by atoms with E-state index in [0.29, 0.717) is 13.1 Å². The number of rotatable bonds is 9. The van der Waals surface area contributed by atoms with Crippen LogP contribution in [-0.2, 0) is 16.0 Å². The molecule has 0 aliphatic carbocycles. The van der Waals surface area contributed by atoms with Crippen LogP contribution in [0.3, 0.4) is 0 Å². The minimum Gasteiger partial charge on any atom is -0.354 e. The second-order valence-electron chi connectivity index (χ2n) is 5.68. The molecule has 0 heterocycles. The molecule has 5 heteroatoms. The summed E-state index contributed by atoms with van der Waals surface area (Å²) in [6, 6.07) is 10.0. The van der Waals surface area contributed by atoms with Crippen molar-refractivity contribution in [3.8, 4) is 0 Å². The summed E-state index contributed by atoms with van der Waals surface area (Å²) in [6.45, 7) is 3.75. The Labute approximate surface area is 133 Å². The Balaban J connectivity index is 2.29. The minimum atomic E-state index is -0.101. The number of hydrogen-bond acceptors (Lipinski definition) is 3. The summed E-state index contributed by atoms with van der Waals surface area (Å²) in [5.74, 6) is -0.159. The maximum Gasteiger partial charge on any atom is 0.239 e. The van der Waals surface area contributed by atoms with Crippen molar-refractivity contribution in [1.29, 1.82) is 0 Å². The van der Waals surface area contributed by atoms with Gasteiger partial charge in [-0.25, -0.2) is 0 Å². The predicted molar refractivity (Wildman–Crippen MR) is 88.6 cm³/mol. The molecule has 0 atom stereocenters. The molecule has 0 radical (unpaired) electrons. The van der Waals surface area contributed by atoms with Crippen molar-refractivity contribution >= 4 is 11.8 Å². The molecule has 2 amide bonds. The number of carbonyl (C=O) groups excluding carboxylic acids is 2. The maximum absolute atomic E-state index is 11.9. The Hall–Kier alpha value is -1.88. The first-order valence-corrected chi connectivity index (χ1v) is 7.70. The Bertz CT molecular complexity index is 460. The lowest BCUT2D eigenvalue weighted by Gasteiger charge is -2.21. The molecular weight excluding hydrogens is 278 g/mol. The molecule has 1 aromatic carbocycles. The topological polar surface area (TPSA) is 52.7 Å². The first-order chi connectivity index (χ1) is 10.5. The average Bonchev–Trinajstić information content (AvgIpc) is 2.47. The smallest absolute Gasteiger partial charge is 0.239 e. The minimum absolute atomic E-state index is 0.0584. The standard InChI is InChI=1S/C17H27N3O2/c1-15(21)20(13-7-12-19(2)3)14-17(22)18-11-10-16-8-5-4-6-9-16/h4-6,8-9H,7,10-14H2,1-3H3,(H,18,22). The van der Waals surface area contributed by atoms with E-state index < -0.39 is 0 Å². The van der Waals surface area contributed by atoms with Gasteiger partial charge in [-0.3, -0.25) is 9.59 Å². The average molecular weight is 305 g/mol. The second-order valence-corrected chi connectivity index (χ2v) is 5.68. The molecule has 5 nitrogen and oxygen atoms in total. The van der Waals surface area contributed by atoms with Gasteiger partial charge in [0.25, 0.3) is 0 Å². The molecule has 122 valence electrons. The molecule has 0 aliphatic heterocycles. The zero-order chi connectivity index (χ0) is 16.4. The van der Waals surface area contributed by atoms with E-state index in [1.54, 1.807) is 4.90 Å². The summed E-state index contributed by atoms with van der Waals surface area (Å²) in [7, 11) is 3.99. The fourth-order valence-corrected chi connectivity index (χ4v) is 2.15. The van der Waals surface area contributed by atoms with E-state index >= 15 is 0 Å². The SMILES string of the molecule is CC(=O)N(CCCN(C)C)CC(=O)NCCc1ccccc1. The lowest BCUT2D eigenvalue weighted by Crippen LogP contribution is -2.41. The molecule has 0 aliphatic rings. The molecule has 0 aromatic heterocycles. The number of benzene rings is 1. The summed E-state index contributed by atoms with van der Waals surface area (Å²) in [4.78, 5) is 27.2. The quantitative estimate of drug-likeness (QED) is 0.744. The Morgan fingerprint density at radius 2 is 1.77 bits per heavy atom. The van der Waals surface area contributed by atoms with Crippen molar-refractivity contribution < 1.29 is 9.59 Å². The molecule has 0 bridgehead atoms. The van der Waals surface area contributed by atoms with Crippen LogP contribution in [0.25, 0.3) is 0 Å². The zero-order valence-corrected chi connectivity index (χ0v) is 13.8. The fourth-order valence-electron chi connectivity index (χ4n) is 2.15. The van der Waals surface area contributed by atoms with Gasteiger partial charge in [0, 0.05) is 20.0 Å². The fraction of sp³-hybridized carbons (Fsp3) is 0.529. The summed E-state index contributed by atoms with van der Waals surface area (Å²) in [5, 5.41) is 2.87. The molecule has 1 aromatic rings. The highest BCUT2D eigenvalue weighted by atomic mass is 16.2. The monoisotopic (exact) mass is 305 g/mol. The van der Waals surface area contributed by atoms with Crippen LogP contribution in [0.2, 0.25) is 0 Å². The summed E-state index contributed by atoms with van der Waals surface area (Å²) >= 11 is 0. The van der Waals surface area contributed by atoms with Crippen LogP contribution in [0.15, 0.2) is 30.3 Å². The van der Waals surface area contributed by atoms with E-state index in [9.17, 15) is 9.59 Å². The van der Waals surface area contributed by atoms with Gasteiger partial charge < -0.3 is 15.1 Å². The molecular formula is C17H27N3O2. The summed E-state index contributed by atoms with van der Waals surface area (Å²) in [6.07, 6.45) is 1.66. The van der Waals surface area contributed by atoms with E-state index in [0.717, 1.165) is 19.4 Å². The second kappa shape index (κ2) is 9.95. The largest absolute Gasteiger partial charge is 0.354 e. The van der Waals surface area contributed by atoms with Crippen LogP contribution in [0, 0.1) is 0 Å². The molecule has 0 saturated carbocycles. The molecule has 1 N–H and O–H groups in total. The van der Waals surface area contributed by atoms with E-state index in [2.05, 4.69) is 10.2 Å². The van der Waals surface area contributed by atoms with Crippen molar-refractivity contribution in [1.82, 2.24) is 15.1 Å². The van der Waals surface area contributed by atoms with E-state index in [-0.39, 0.29) is 18.4 Å². The van der Waals surface area contributed by atoms with Gasteiger partial charge in [0.1, 0.15) is 0 Å². The van der Waals surface area contributed by atoms with Crippen LogP contribution >= 0.6 is 0 Å². The molecule has 0 spiro atoms. The molecule has 22 heavy (non-hydrogen) atoms. The lowest BCUT2D eigenvalue weighted by atomic mass is 10.1. The third kappa shape index (κ3) is 7.78. The van der Waals surface area contributed by atoms with E-state index in [1.165, 1.54) is 12.5 Å². The third-order valence-electron chi connectivity index (χ3n) is 3.39. The molecule has 0 unspecified atom stereocenters. The first kappa shape index (κ1) is 18.2. The van der Waals surface area contributed by atoms with Crippen molar-refractivity contribution in [3.05, 3.63) is 35.9 Å². The summed E-state index contributed by atoms with van der Waals surface area (Å²) in [5.41, 5.74) is 1.19. The first-order valence-electron chi connectivity index (χ1n) is 7.70. The Kier molecular flexibility index (Phi) is 8.22. The van der Waals surface area contributed by atoms with Gasteiger partial charge in [0.05, 0.1) is 6.54 Å². The van der Waals surface area contributed by atoms with Gasteiger partial charge in [-0.05, 0) is 39.0 Å². The summed E-state index contributed by atoms with van der Waals surface area (Å²) < 4.78 is 0. The van der Waals surface area contributed by atoms with Crippen molar-refractivity contribution in [2.45, 2.75) is 19.8 Å². The van der Waals surface area contributed by atoms with Crippen LogP contribution in [-0.4, -0.2) is 61.9 Å². The highest BCUT2D eigenvalue weighted by Crippen LogP contribution is 1.98. The normalized spacial score (nSPS) is 10.5. The van der Waals surface area contributed by atoms with Gasteiger partial charge in [0.15, 0.2) is 0 Å². The van der Waals surface area contributed by atoms with Gasteiger partial charge >= 0.3 is 0 Å². The molecule has 0 fully saturated rings. The maximum atomic E-state index is 11.9. The number of amides is 2. The van der Waals surface area contributed by atoms with Crippen LogP contribution in [0.1, 0.15) is 18.9 Å². The number of nitrogens with one attached hydrogen (secondary N) is 1. The van der Waals surface area contributed by atoms with Gasteiger partial charge in [-0.1, -0.05) is 30.3 Å². The van der Waals surface area contributed by atoms with Gasteiger partial charge in [0.2, 0.25) is 11.8 Å². The number of hydrogen-bond donors (Lipinski definition) is 1. The zero-order valence-electron chi connectivity index (χ0n) is 13.8. The van der Waals surface area contributed by atoms with Crippen molar-refractivity contribution in [3.63, 3.8) is 0 Å². The Morgan fingerprint density at radius 3 is 2.36 bits per heavy atom. The van der Waals surface area contributed by atoms with Gasteiger partial charge in [-0.2, -0.15) is 0 Å². The van der Waals surface area contributed by atoms with Crippen molar-refractivity contribution in [2.75, 3.05) is 40.3 Å². The van der Waals surface area contributed by atoms with Gasteiger partial charge in [-0.15, -0.1) is 0 Å². The van der Waals surface area contributed by atoms with Crippen LogP contribution < -0.4 is 5.32 Å². The number of carbonyl (C=O) groups is 2. The van der Waals surface area contributed by atoms with E-state index in [1.807, 2.05) is 44.4 Å². The van der Waals surface area contributed by atoms with E-state index in [4.69, 9.17) is 0 Å².